The number of unbranched alkanes of at least 4 members (excludes halogenated alkanes) is 4. The van der Waals surface area contributed by atoms with Gasteiger partial charge < -0.3 is 4.74 Å². The van der Waals surface area contributed by atoms with Crippen LogP contribution in [-0.2, 0) is 4.74 Å². The minimum absolute atomic E-state index is 0.362. The van der Waals surface area contributed by atoms with Crippen LogP contribution in [0.25, 0.3) is 0 Å². The van der Waals surface area contributed by atoms with E-state index in [9.17, 15) is 0 Å². The molecule has 0 aliphatic rings. The first-order valence-corrected chi connectivity index (χ1v) is 4.98. The summed E-state index contributed by atoms with van der Waals surface area (Å²) in [6.07, 6.45) is 6.25. The molecule has 0 bridgehead atoms. The van der Waals surface area contributed by atoms with Crippen molar-refractivity contribution in [1.29, 1.82) is 0 Å². The summed E-state index contributed by atoms with van der Waals surface area (Å²) in [6, 6.07) is 0. The van der Waals surface area contributed by atoms with Crippen LogP contribution in [0.2, 0.25) is 0 Å². The van der Waals surface area contributed by atoms with Crippen molar-refractivity contribution in [2.24, 2.45) is 0 Å². The molecule has 0 rings (SSSR count). The summed E-state index contributed by atoms with van der Waals surface area (Å²) in [6.45, 7) is 2.94. The lowest BCUT2D eigenvalue weighted by Gasteiger charge is -2.01. The van der Waals surface area contributed by atoms with Gasteiger partial charge in [0.25, 0.3) is 0 Å². The molecule has 0 unspecified atom stereocenters. The van der Waals surface area contributed by atoms with Crippen molar-refractivity contribution < 1.29 is 4.74 Å². The van der Waals surface area contributed by atoms with Gasteiger partial charge in [-0.1, -0.05) is 45.2 Å². The van der Waals surface area contributed by atoms with E-state index in [4.69, 9.17) is 4.74 Å². The van der Waals surface area contributed by atoms with E-state index >= 15 is 0 Å². The molecule has 0 radical (unpaired) electrons. The van der Waals surface area contributed by atoms with Gasteiger partial charge in [0.05, 0.1) is 6.61 Å². The molecule has 11 heavy (non-hydrogen) atoms. The highest BCUT2D eigenvalue weighted by Gasteiger charge is 1.90. The minimum Gasteiger partial charge on any atom is -0.479 e. The van der Waals surface area contributed by atoms with Gasteiger partial charge in [-0.3, -0.25) is 0 Å². The number of thiol groups is 1. The van der Waals surface area contributed by atoms with Crippen molar-refractivity contribution in [3.05, 3.63) is 0 Å². The predicted molar refractivity (Wildman–Crippen MR) is 56.3 cm³/mol. The van der Waals surface area contributed by atoms with Gasteiger partial charge >= 0.3 is 0 Å². The monoisotopic (exact) mass is 192 g/mol. The molecule has 0 saturated heterocycles. The molecule has 0 aliphatic carbocycles. The van der Waals surface area contributed by atoms with E-state index in [0.717, 1.165) is 13.0 Å². The molecule has 0 spiro atoms. The second-order valence-corrected chi connectivity index (χ2v) is 3.61. The molecule has 0 atom stereocenters. The van der Waals surface area contributed by atoms with E-state index in [1.165, 1.54) is 25.7 Å². The Balaban J connectivity index is 2.85. The second-order valence-electron chi connectivity index (χ2n) is 2.53. The van der Waals surface area contributed by atoms with Crippen molar-refractivity contribution in [2.75, 3.05) is 6.61 Å². The van der Waals surface area contributed by atoms with Gasteiger partial charge in [0, 0.05) is 0 Å². The highest BCUT2D eigenvalue weighted by molar-refractivity contribution is 8.10. The Morgan fingerprint density at radius 3 is 2.45 bits per heavy atom. The van der Waals surface area contributed by atoms with Gasteiger partial charge in [-0.05, 0) is 18.6 Å². The Hall–Kier alpha value is 0.240. The van der Waals surface area contributed by atoms with Crippen LogP contribution in [0.1, 0.15) is 39.0 Å². The van der Waals surface area contributed by atoms with Crippen LogP contribution in [0.4, 0.5) is 0 Å². The lowest BCUT2D eigenvalue weighted by Crippen LogP contribution is -1.95. The Kier molecular flexibility index (Phi) is 8.52. The highest BCUT2D eigenvalue weighted by atomic mass is 32.1. The molecule has 0 N–H and O–H groups in total. The van der Waals surface area contributed by atoms with Crippen LogP contribution in [0.3, 0.4) is 0 Å². The predicted octanol–water partition coefficient (Wildman–Crippen LogP) is 3.19. The van der Waals surface area contributed by atoms with Gasteiger partial charge in [0.1, 0.15) is 0 Å². The van der Waals surface area contributed by atoms with Crippen molar-refractivity contribution in [1.82, 2.24) is 0 Å². The van der Waals surface area contributed by atoms with E-state index in [2.05, 4.69) is 31.8 Å². The van der Waals surface area contributed by atoms with Crippen molar-refractivity contribution >= 4 is 29.2 Å². The third-order valence-corrected chi connectivity index (χ3v) is 1.72. The molecule has 0 aromatic carbocycles. The normalized spacial score (nSPS) is 9.64. The third kappa shape index (κ3) is 10.2. The third-order valence-electron chi connectivity index (χ3n) is 1.47. The van der Waals surface area contributed by atoms with Crippen molar-refractivity contribution in [3.8, 4) is 0 Å². The topological polar surface area (TPSA) is 9.23 Å². The first-order valence-electron chi connectivity index (χ1n) is 4.13. The summed E-state index contributed by atoms with van der Waals surface area (Å²) >= 11 is 8.49. The Labute approximate surface area is 79.9 Å². The molecule has 0 aliphatic heterocycles. The maximum atomic E-state index is 5.02. The van der Waals surface area contributed by atoms with Gasteiger partial charge in [-0.2, -0.15) is 0 Å². The number of thiocarbonyl (C=S) groups is 1. The Morgan fingerprint density at radius 1 is 1.27 bits per heavy atom. The Morgan fingerprint density at radius 2 is 1.91 bits per heavy atom. The summed E-state index contributed by atoms with van der Waals surface area (Å²) in [7, 11) is 0. The lowest BCUT2D eigenvalue weighted by atomic mass is 10.2. The van der Waals surface area contributed by atoms with Crippen LogP contribution >= 0.6 is 24.8 Å². The Bertz CT molecular complexity index is 104. The molecule has 3 heteroatoms. The van der Waals surface area contributed by atoms with Crippen molar-refractivity contribution in [2.45, 2.75) is 39.0 Å². The standard InChI is InChI=1S/C8H16OS2/c1-2-3-4-5-6-7-9-8(10)11/h2-7H2,1H3,(H,10,11). The minimum atomic E-state index is 0.362. The molecule has 0 heterocycles. The summed E-state index contributed by atoms with van der Waals surface area (Å²) in [5.41, 5.74) is 0. The molecule has 0 aromatic rings. The van der Waals surface area contributed by atoms with Crippen LogP contribution < -0.4 is 0 Å². The van der Waals surface area contributed by atoms with Crippen LogP contribution in [0.15, 0.2) is 0 Å². The number of hydrogen-bond acceptors (Lipinski definition) is 2. The van der Waals surface area contributed by atoms with Crippen molar-refractivity contribution in [3.63, 3.8) is 0 Å². The zero-order valence-corrected chi connectivity index (χ0v) is 8.72. The van der Waals surface area contributed by atoms with Crippen LogP contribution in [0, 0.1) is 0 Å². The fourth-order valence-electron chi connectivity index (χ4n) is 0.865. The molecule has 0 fully saturated rings. The van der Waals surface area contributed by atoms with Gasteiger partial charge in [-0.15, -0.1) is 0 Å². The van der Waals surface area contributed by atoms with E-state index in [-0.39, 0.29) is 0 Å². The largest absolute Gasteiger partial charge is 0.479 e. The molecule has 0 amide bonds. The smallest absolute Gasteiger partial charge is 0.216 e. The molecule has 0 saturated carbocycles. The van der Waals surface area contributed by atoms with Gasteiger partial charge in [0.15, 0.2) is 0 Å². The molecule has 1 nitrogen and oxygen atoms in total. The van der Waals surface area contributed by atoms with E-state index in [1.807, 2.05) is 0 Å². The maximum absolute atomic E-state index is 5.02. The quantitative estimate of drug-likeness (QED) is 0.393. The fraction of sp³-hybridized carbons (Fsp3) is 0.875. The lowest BCUT2D eigenvalue weighted by molar-refractivity contribution is 0.308. The maximum Gasteiger partial charge on any atom is 0.216 e. The van der Waals surface area contributed by atoms with Gasteiger partial charge in [-0.25, -0.2) is 0 Å². The average Bonchev–Trinajstić information content (AvgIpc) is 1.96. The number of rotatable bonds is 6. The summed E-state index contributed by atoms with van der Waals surface area (Å²) < 4.78 is 5.38. The van der Waals surface area contributed by atoms with E-state index in [0.29, 0.717) is 4.38 Å². The average molecular weight is 192 g/mol. The van der Waals surface area contributed by atoms with E-state index < -0.39 is 0 Å². The molecule has 0 aromatic heterocycles. The van der Waals surface area contributed by atoms with Gasteiger partial charge in [0.2, 0.25) is 4.38 Å². The fourth-order valence-corrected chi connectivity index (χ4v) is 1.04. The highest BCUT2D eigenvalue weighted by Crippen LogP contribution is 2.02. The zero-order chi connectivity index (χ0) is 8.53. The number of ether oxygens (including phenoxy) is 1. The summed E-state index contributed by atoms with van der Waals surface area (Å²) in [4.78, 5) is 0. The summed E-state index contributed by atoms with van der Waals surface area (Å²) in [5.74, 6) is 0. The zero-order valence-electron chi connectivity index (χ0n) is 7.01. The molecular formula is C8H16OS2. The van der Waals surface area contributed by atoms with E-state index in [1.54, 1.807) is 0 Å². The van der Waals surface area contributed by atoms with Crippen LogP contribution in [0.5, 0.6) is 0 Å². The second kappa shape index (κ2) is 8.34. The first kappa shape index (κ1) is 11.2. The van der Waals surface area contributed by atoms with Crippen LogP contribution in [-0.4, -0.2) is 11.0 Å². The number of hydrogen-bond donors (Lipinski definition) is 1. The summed E-state index contributed by atoms with van der Waals surface area (Å²) in [5, 5.41) is 0. The molecular weight excluding hydrogens is 176 g/mol. The molecule has 66 valence electrons. The SMILES string of the molecule is CCCCCCCOC(=S)S. The first-order chi connectivity index (χ1) is 5.27.